The summed E-state index contributed by atoms with van der Waals surface area (Å²) in [6.45, 7) is 0.890. The summed E-state index contributed by atoms with van der Waals surface area (Å²) in [4.78, 5) is 7.40. The van der Waals surface area contributed by atoms with Crippen molar-refractivity contribution in [3.63, 3.8) is 0 Å². The van der Waals surface area contributed by atoms with Gasteiger partial charge in [-0.1, -0.05) is 71.6 Å². The van der Waals surface area contributed by atoms with Crippen LogP contribution < -0.4 is 0 Å². The Morgan fingerprint density at radius 2 is 1.46 bits per heavy atom. The first-order chi connectivity index (χ1) is 11.9. The Bertz CT molecular complexity index is 634. The summed E-state index contributed by atoms with van der Waals surface area (Å²) in [7, 11) is 0. The van der Waals surface area contributed by atoms with E-state index in [-0.39, 0.29) is 0 Å². The van der Waals surface area contributed by atoms with Gasteiger partial charge in [-0.05, 0) is 56.4 Å². The third-order valence-electron chi connectivity index (χ3n) is 3.96. The largest absolute Gasteiger partial charge is 0.271 e. The topological polar surface area (TPSA) is 12.4 Å². The molecule has 0 aromatic heterocycles. The van der Waals surface area contributed by atoms with Crippen LogP contribution in [0.3, 0.4) is 0 Å². The second-order valence-electron chi connectivity index (χ2n) is 5.84. The molecule has 0 saturated heterocycles. The lowest BCUT2D eigenvalue weighted by Gasteiger charge is -2.12. The third kappa shape index (κ3) is 5.88. The zero-order valence-electron chi connectivity index (χ0n) is 13.9. The van der Waals surface area contributed by atoms with Crippen LogP contribution >= 0.6 is 23.5 Å². The highest BCUT2D eigenvalue weighted by Gasteiger charge is 2.07. The van der Waals surface area contributed by atoms with Gasteiger partial charge in [0.1, 0.15) is 4.38 Å². The SMILES string of the molecule is C1=C(CCN=C(Sc2ccccc2)Sc2ccccc2)CCCC1. The molecule has 124 valence electrons. The van der Waals surface area contributed by atoms with Crippen LogP contribution in [0.25, 0.3) is 0 Å². The van der Waals surface area contributed by atoms with E-state index in [9.17, 15) is 0 Å². The van der Waals surface area contributed by atoms with Crippen LogP contribution in [-0.4, -0.2) is 10.9 Å². The Morgan fingerprint density at radius 1 is 0.833 bits per heavy atom. The monoisotopic (exact) mass is 353 g/mol. The molecule has 0 bridgehead atoms. The summed E-state index contributed by atoms with van der Waals surface area (Å²) in [5.41, 5.74) is 1.60. The lowest BCUT2D eigenvalue weighted by molar-refractivity contribution is 0.676. The smallest absolute Gasteiger partial charge is 0.134 e. The van der Waals surface area contributed by atoms with Gasteiger partial charge in [-0.25, -0.2) is 0 Å². The summed E-state index contributed by atoms with van der Waals surface area (Å²) in [5, 5.41) is 0. The first-order valence-electron chi connectivity index (χ1n) is 8.58. The van der Waals surface area contributed by atoms with Crippen LogP contribution in [0, 0.1) is 0 Å². The van der Waals surface area contributed by atoms with Crippen molar-refractivity contribution in [1.82, 2.24) is 0 Å². The molecule has 0 aliphatic heterocycles. The molecule has 0 N–H and O–H groups in total. The number of hydrogen-bond acceptors (Lipinski definition) is 3. The van der Waals surface area contributed by atoms with Crippen molar-refractivity contribution in [1.29, 1.82) is 0 Å². The maximum Gasteiger partial charge on any atom is 0.134 e. The quantitative estimate of drug-likeness (QED) is 0.253. The van der Waals surface area contributed by atoms with Gasteiger partial charge in [0.15, 0.2) is 0 Å². The molecule has 0 unspecified atom stereocenters. The van der Waals surface area contributed by atoms with Gasteiger partial charge in [0.2, 0.25) is 0 Å². The van der Waals surface area contributed by atoms with Crippen molar-refractivity contribution < 1.29 is 0 Å². The van der Waals surface area contributed by atoms with Gasteiger partial charge in [0.25, 0.3) is 0 Å². The van der Waals surface area contributed by atoms with E-state index in [1.165, 1.54) is 35.5 Å². The van der Waals surface area contributed by atoms with Crippen LogP contribution in [0.15, 0.2) is 87.1 Å². The van der Waals surface area contributed by atoms with Gasteiger partial charge in [-0.2, -0.15) is 0 Å². The van der Waals surface area contributed by atoms with Gasteiger partial charge in [0.05, 0.1) is 0 Å². The van der Waals surface area contributed by atoms with E-state index in [2.05, 4.69) is 66.7 Å². The maximum absolute atomic E-state index is 4.91. The zero-order chi connectivity index (χ0) is 16.5. The number of nitrogens with zero attached hydrogens (tertiary/aromatic N) is 1. The van der Waals surface area contributed by atoms with Gasteiger partial charge < -0.3 is 0 Å². The first kappa shape index (κ1) is 17.4. The molecule has 0 amide bonds. The van der Waals surface area contributed by atoms with Gasteiger partial charge in [-0.15, -0.1) is 0 Å². The number of benzene rings is 2. The average Bonchev–Trinajstić information content (AvgIpc) is 2.64. The van der Waals surface area contributed by atoms with Gasteiger partial charge in [-0.3, -0.25) is 4.99 Å². The molecular weight excluding hydrogens is 330 g/mol. The van der Waals surface area contributed by atoms with Crippen LogP contribution in [-0.2, 0) is 0 Å². The number of aliphatic imine (C=N–C) groups is 1. The van der Waals surface area contributed by atoms with Crippen LogP contribution in [0.1, 0.15) is 32.1 Å². The van der Waals surface area contributed by atoms with E-state index >= 15 is 0 Å². The van der Waals surface area contributed by atoms with E-state index in [1.807, 2.05) is 0 Å². The second-order valence-corrected chi connectivity index (χ2v) is 8.22. The van der Waals surface area contributed by atoms with Crippen LogP contribution in [0.2, 0.25) is 0 Å². The molecule has 2 aromatic rings. The van der Waals surface area contributed by atoms with Gasteiger partial charge >= 0.3 is 0 Å². The van der Waals surface area contributed by atoms with Crippen LogP contribution in [0.5, 0.6) is 0 Å². The standard InChI is InChI=1S/C21H23NS2/c1-4-10-18(11-5-1)16-17-22-21(23-19-12-6-2-7-13-19)24-20-14-8-3-9-15-20/h2-3,6-10,12-15H,1,4-5,11,16-17H2. The third-order valence-corrected chi connectivity index (χ3v) is 6.08. The predicted molar refractivity (Wildman–Crippen MR) is 108 cm³/mol. The number of hydrogen-bond donors (Lipinski definition) is 0. The highest BCUT2D eigenvalue weighted by molar-refractivity contribution is 8.38. The summed E-state index contributed by atoms with van der Waals surface area (Å²) < 4.78 is 1.13. The fourth-order valence-corrected chi connectivity index (χ4v) is 4.73. The summed E-state index contributed by atoms with van der Waals surface area (Å²) in [6.07, 6.45) is 8.75. The molecule has 1 nitrogen and oxygen atoms in total. The fraction of sp³-hybridized carbons (Fsp3) is 0.286. The molecule has 24 heavy (non-hydrogen) atoms. The Hall–Kier alpha value is -1.45. The summed E-state index contributed by atoms with van der Waals surface area (Å²) >= 11 is 3.53. The zero-order valence-corrected chi connectivity index (χ0v) is 15.5. The second kappa shape index (κ2) is 9.75. The molecule has 3 rings (SSSR count). The molecule has 3 heteroatoms. The number of allylic oxidation sites excluding steroid dienone is 1. The normalized spacial score (nSPS) is 14.1. The molecule has 0 spiro atoms. The lowest BCUT2D eigenvalue weighted by Crippen LogP contribution is -1.96. The van der Waals surface area contributed by atoms with E-state index in [0.717, 1.165) is 17.3 Å². The number of rotatable bonds is 5. The highest BCUT2D eigenvalue weighted by Crippen LogP contribution is 2.31. The predicted octanol–water partition coefficient (Wildman–Crippen LogP) is 6.82. The van der Waals surface area contributed by atoms with Crippen molar-refractivity contribution >= 4 is 27.9 Å². The van der Waals surface area contributed by atoms with Crippen molar-refractivity contribution in [2.75, 3.05) is 6.54 Å². The summed E-state index contributed by atoms with van der Waals surface area (Å²) in [6, 6.07) is 21.0. The minimum absolute atomic E-state index is 0.890. The molecule has 2 aromatic carbocycles. The van der Waals surface area contributed by atoms with Crippen molar-refractivity contribution in [2.45, 2.75) is 41.9 Å². The van der Waals surface area contributed by atoms with Crippen molar-refractivity contribution in [3.05, 3.63) is 72.3 Å². The minimum atomic E-state index is 0.890. The van der Waals surface area contributed by atoms with E-state index in [4.69, 9.17) is 4.99 Å². The van der Waals surface area contributed by atoms with E-state index < -0.39 is 0 Å². The first-order valence-corrected chi connectivity index (χ1v) is 10.2. The van der Waals surface area contributed by atoms with Crippen molar-refractivity contribution in [2.24, 2.45) is 4.99 Å². The maximum atomic E-state index is 4.91. The lowest BCUT2D eigenvalue weighted by atomic mass is 9.97. The highest BCUT2D eigenvalue weighted by atomic mass is 32.2. The van der Waals surface area contributed by atoms with Crippen LogP contribution in [0.4, 0.5) is 0 Å². The molecule has 0 atom stereocenters. The number of thioether (sulfide) groups is 2. The Kier molecular flexibility index (Phi) is 7.06. The average molecular weight is 354 g/mol. The molecule has 0 saturated carbocycles. The molecular formula is C21H23NS2. The molecule has 0 radical (unpaired) electrons. The Labute approximate surface area is 153 Å². The molecule has 1 aliphatic rings. The van der Waals surface area contributed by atoms with Crippen molar-refractivity contribution in [3.8, 4) is 0 Å². The van der Waals surface area contributed by atoms with E-state index in [0.29, 0.717) is 0 Å². The minimum Gasteiger partial charge on any atom is -0.271 e. The molecule has 0 heterocycles. The Morgan fingerprint density at radius 3 is 2.00 bits per heavy atom. The van der Waals surface area contributed by atoms with E-state index in [1.54, 1.807) is 29.1 Å². The Balaban J connectivity index is 1.66. The van der Waals surface area contributed by atoms with Gasteiger partial charge in [0, 0.05) is 16.3 Å². The fourth-order valence-electron chi connectivity index (χ4n) is 2.69. The summed E-state index contributed by atoms with van der Waals surface area (Å²) in [5.74, 6) is 0. The molecule has 1 aliphatic carbocycles. The molecule has 0 fully saturated rings.